The van der Waals surface area contributed by atoms with Crippen LogP contribution in [0.2, 0.25) is 0 Å². The molecule has 0 radical (unpaired) electrons. The lowest BCUT2D eigenvalue weighted by Gasteiger charge is -2.06. The molecule has 1 amide bonds. The number of aromatic amines is 1. The lowest BCUT2D eigenvalue weighted by Crippen LogP contribution is -2.22. The molecular formula is C18H16N6O. The third kappa shape index (κ3) is 3.12. The van der Waals surface area contributed by atoms with Gasteiger partial charge in [0, 0.05) is 37.1 Å². The number of nitrogens with zero attached hydrogens (tertiary/aromatic N) is 4. The standard InChI is InChI=1S/C18H16N6O/c1-24-10-14(9-23-24)15-4-2-12(7-19-15)8-20-18(25)13-3-5-16-17(6-13)22-11-21-16/h2-7,9-11H,8H2,1H3,(H,20,25)(H,21,22). The number of fused-ring (bicyclic) bond motifs is 1. The minimum atomic E-state index is -0.132. The second kappa shape index (κ2) is 6.20. The number of carbonyl (C=O) groups excluding carboxylic acids is 1. The summed E-state index contributed by atoms with van der Waals surface area (Å²) in [7, 11) is 1.87. The van der Waals surface area contributed by atoms with Gasteiger partial charge in [-0.1, -0.05) is 6.07 Å². The summed E-state index contributed by atoms with van der Waals surface area (Å²) in [4.78, 5) is 23.9. The molecule has 4 aromatic rings. The lowest BCUT2D eigenvalue weighted by atomic mass is 10.1. The van der Waals surface area contributed by atoms with Crippen LogP contribution >= 0.6 is 0 Å². The fourth-order valence-corrected chi connectivity index (χ4v) is 2.61. The Morgan fingerprint density at radius 2 is 2.12 bits per heavy atom. The van der Waals surface area contributed by atoms with Crippen LogP contribution in [-0.2, 0) is 13.6 Å². The summed E-state index contributed by atoms with van der Waals surface area (Å²) < 4.78 is 1.74. The highest BCUT2D eigenvalue weighted by Crippen LogP contribution is 2.16. The zero-order chi connectivity index (χ0) is 17.2. The van der Waals surface area contributed by atoms with Crippen molar-refractivity contribution in [3.05, 3.63) is 66.4 Å². The van der Waals surface area contributed by atoms with Crippen LogP contribution in [0, 0.1) is 0 Å². The number of imidazole rings is 1. The maximum Gasteiger partial charge on any atom is 0.251 e. The fourth-order valence-electron chi connectivity index (χ4n) is 2.61. The Hall–Kier alpha value is -3.48. The minimum absolute atomic E-state index is 0.132. The number of benzene rings is 1. The van der Waals surface area contributed by atoms with Crippen LogP contribution in [0.3, 0.4) is 0 Å². The number of nitrogens with one attached hydrogen (secondary N) is 2. The van der Waals surface area contributed by atoms with Gasteiger partial charge in [-0.05, 0) is 29.8 Å². The number of pyridine rings is 1. The van der Waals surface area contributed by atoms with Gasteiger partial charge in [-0.3, -0.25) is 14.5 Å². The molecular weight excluding hydrogens is 316 g/mol. The van der Waals surface area contributed by atoms with E-state index in [-0.39, 0.29) is 5.91 Å². The van der Waals surface area contributed by atoms with Crippen molar-refractivity contribution in [2.75, 3.05) is 0 Å². The summed E-state index contributed by atoms with van der Waals surface area (Å²) in [5, 5.41) is 7.04. The molecule has 0 aliphatic heterocycles. The zero-order valence-corrected chi connectivity index (χ0v) is 13.6. The van der Waals surface area contributed by atoms with E-state index in [9.17, 15) is 4.79 Å². The topological polar surface area (TPSA) is 88.5 Å². The third-order valence-electron chi connectivity index (χ3n) is 3.96. The van der Waals surface area contributed by atoms with Gasteiger partial charge in [0.2, 0.25) is 0 Å². The average molecular weight is 332 g/mol. The molecule has 0 saturated heterocycles. The lowest BCUT2D eigenvalue weighted by molar-refractivity contribution is 0.0951. The van der Waals surface area contributed by atoms with Crippen LogP contribution in [0.15, 0.2) is 55.2 Å². The highest BCUT2D eigenvalue weighted by atomic mass is 16.1. The van der Waals surface area contributed by atoms with Crippen molar-refractivity contribution in [1.29, 1.82) is 0 Å². The van der Waals surface area contributed by atoms with Gasteiger partial charge in [0.05, 0.1) is 29.3 Å². The fraction of sp³-hybridized carbons (Fsp3) is 0.111. The largest absolute Gasteiger partial charge is 0.348 e. The van der Waals surface area contributed by atoms with Crippen molar-refractivity contribution in [2.45, 2.75) is 6.54 Å². The van der Waals surface area contributed by atoms with Crippen LogP contribution in [0.25, 0.3) is 22.3 Å². The quantitative estimate of drug-likeness (QED) is 0.600. The van der Waals surface area contributed by atoms with E-state index in [1.807, 2.05) is 31.4 Å². The Labute approximate surface area is 143 Å². The summed E-state index contributed by atoms with van der Waals surface area (Å²) in [6, 6.07) is 9.26. The van der Waals surface area contributed by atoms with Gasteiger partial charge in [0.25, 0.3) is 5.91 Å². The molecule has 3 aromatic heterocycles. The van der Waals surface area contributed by atoms with E-state index in [1.54, 1.807) is 35.5 Å². The Balaban J connectivity index is 1.42. The first kappa shape index (κ1) is 15.1. The molecule has 0 unspecified atom stereocenters. The maximum atomic E-state index is 12.3. The molecule has 0 fully saturated rings. The number of amides is 1. The molecule has 7 heteroatoms. The molecule has 0 bridgehead atoms. The Bertz CT molecular complexity index is 1030. The number of aromatic nitrogens is 5. The average Bonchev–Trinajstić information content (AvgIpc) is 3.28. The van der Waals surface area contributed by atoms with Crippen molar-refractivity contribution < 1.29 is 4.79 Å². The van der Waals surface area contributed by atoms with E-state index >= 15 is 0 Å². The van der Waals surface area contributed by atoms with Gasteiger partial charge in [-0.25, -0.2) is 4.98 Å². The molecule has 7 nitrogen and oxygen atoms in total. The Morgan fingerprint density at radius 3 is 2.88 bits per heavy atom. The first-order chi connectivity index (χ1) is 12.2. The van der Waals surface area contributed by atoms with Crippen LogP contribution in [0.1, 0.15) is 15.9 Å². The second-order valence-electron chi connectivity index (χ2n) is 5.77. The number of aryl methyl sites for hydroxylation is 1. The number of hydrogen-bond acceptors (Lipinski definition) is 4. The Morgan fingerprint density at radius 1 is 1.20 bits per heavy atom. The van der Waals surface area contributed by atoms with Crippen molar-refractivity contribution in [3.63, 3.8) is 0 Å². The molecule has 0 aliphatic rings. The minimum Gasteiger partial charge on any atom is -0.348 e. The third-order valence-corrected chi connectivity index (χ3v) is 3.96. The Kier molecular flexibility index (Phi) is 3.74. The van der Waals surface area contributed by atoms with E-state index in [0.717, 1.165) is 27.9 Å². The summed E-state index contributed by atoms with van der Waals surface area (Å²) in [5.74, 6) is -0.132. The molecule has 2 N–H and O–H groups in total. The van der Waals surface area contributed by atoms with E-state index in [2.05, 4.69) is 25.4 Å². The maximum absolute atomic E-state index is 12.3. The van der Waals surface area contributed by atoms with Gasteiger partial charge in [-0.15, -0.1) is 0 Å². The highest BCUT2D eigenvalue weighted by molar-refractivity contribution is 5.97. The number of carbonyl (C=O) groups is 1. The molecule has 0 atom stereocenters. The highest BCUT2D eigenvalue weighted by Gasteiger charge is 2.08. The number of rotatable bonds is 4. The van der Waals surface area contributed by atoms with Crippen LogP contribution in [-0.4, -0.2) is 30.6 Å². The summed E-state index contributed by atoms with van der Waals surface area (Å²) >= 11 is 0. The SMILES string of the molecule is Cn1cc(-c2ccc(CNC(=O)c3ccc4nc[nH]c4c3)cn2)cn1. The molecule has 0 aliphatic carbocycles. The predicted octanol–water partition coefficient (Wildman–Crippen LogP) is 2.29. The van der Waals surface area contributed by atoms with Crippen molar-refractivity contribution in [1.82, 2.24) is 30.0 Å². The monoisotopic (exact) mass is 332 g/mol. The van der Waals surface area contributed by atoms with E-state index in [0.29, 0.717) is 12.1 Å². The van der Waals surface area contributed by atoms with E-state index in [4.69, 9.17) is 0 Å². The van der Waals surface area contributed by atoms with Gasteiger partial charge in [0.1, 0.15) is 0 Å². The predicted molar refractivity (Wildman–Crippen MR) is 93.7 cm³/mol. The first-order valence-electron chi connectivity index (χ1n) is 7.84. The summed E-state index contributed by atoms with van der Waals surface area (Å²) in [5.41, 5.74) is 5.03. The molecule has 25 heavy (non-hydrogen) atoms. The molecule has 0 spiro atoms. The van der Waals surface area contributed by atoms with Crippen LogP contribution in [0.5, 0.6) is 0 Å². The van der Waals surface area contributed by atoms with E-state index in [1.165, 1.54) is 0 Å². The summed E-state index contributed by atoms with van der Waals surface area (Å²) in [6.45, 7) is 0.417. The first-order valence-corrected chi connectivity index (χ1v) is 7.84. The van der Waals surface area contributed by atoms with Gasteiger partial charge in [0.15, 0.2) is 0 Å². The van der Waals surface area contributed by atoms with Crippen molar-refractivity contribution >= 4 is 16.9 Å². The molecule has 3 heterocycles. The summed E-state index contributed by atoms with van der Waals surface area (Å²) in [6.07, 6.45) is 7.06. The van der Waals surface area contributed by atoms with Crippen LogP contribution < -0.4 is 5.32 Å². The van der Waals surface area contributed by atoms with Gasteiger partial charge < -0.3 is 10.3 Å². The van der Waals surface area contributed by atoms with E-state index < -0.39 is 0 Å². The number of H-pyrrole nitrogens is 1. The van der Waals surface area contributed by atoms with Crippen molar-refractivity contribution in [3.8, 4) is 11.3 Å². The second-order valence-corrected chi connectivity index (χ2v) is 5.77. The molecule has 0 saturated carbocycles. The van der Waals surface area contributed by atoms with Gasteiger partial charge in [-0.2, -0.15) is 5.10 Å². The zero-order valence-electron chi connectivity index (χ0n) is 13.6. The van der Waals surface area contributed by atoms with Crippen molar-refractivity contribution in [2.24, 2.45) is 7.05 Å². The smallest absolute Gasteiger partial charge is 0.251 e. The van der Waals surface area contributed by atoms with Crippen LogP contribution in [0.4, 0.5) is 0 Å². The normalized spacial score (nSPS) is 10.9. The van der Waals surface area contributed by atoms with Gasteiger partial charge >= 0.3 is 0 Å². The number of hydrogen-bond donors (Lipinski definition) is 2. The molecule has 1 aromatic carbocycles. The molecule has 124 valence electrons. The molecule has 4 rings (SSSR count).